The number of urea groups is 1. The second-order valence-electron chi connectivity index (χ2n) is 15.3. The van der Waals surface area contributed by atoms with E-state index in [1.807, 2.05) is 26.0 Å². The van der Waals surface area contributed by atoms with E-state index in [1.165, 1.54) is 0 Å². The fourth-order valence-electron chi connectivity index (χ4n) is 8.52. The van der Waals surface area contributed by atoms with Gasteiger partial charge < -0.3 is 31.7 Å². The van der Waals surface area contributed by atoms with Crippen LogP contribution in [0.15, 0.2) is 24.3 Å². The van der Waals surface area contributed by atoms with E-state index >= 15 is 0 Å². The molecule has 5 rings (SSSR count). The second-order valence-corrected chi connectivity index (χ2v) is 15.3. The van der Waals surface area contributed by atoms with E-state index in [0.29, 0.717) is 25.8 Å². The molecule has 1 aromatic rings. The van der Waals surface area contributed by atoms with Crippen molar-refractivity contribution in [2.45, 2.75) is 134 Å². The molecule has 3 aliphatic carbocycles. The topological polar surface area (TPSA) is 171 Å². The Morgan fingerprint density at radius 3 is 2.25 bits per heavy atom. The summed E-state index contributed by atoms with van der Waals surface area (Å²) in [4.78, 5) is 68.7. The predicted molar refractivity (Wildman–Crippen MR) is 182 cm³/mol. The van der Waals surface area contributed by atoms with Crippen LogP contribution in [0.1, 0.15) is 109 Å². The van der Waals surface area contributed by atoms with Crippen LogP contribution in [0.2, 0.25) is 0 Å². The lowest BCUT2D eigenvalue weighted by atomic mass is 9.77. The number of likely N-dealkylation sites (tertiary alicyclic amines) is 1. The highest BCUT2D eigenvalue weighted by Crippen LogP contribution is 2.37. The Morgan fingerprint density at radius 2 is 1.62 bits per heavy atom. The Kier molecular flexibility index (Phi) is 11.7. The number of ketones is 1. The molecule has 3 saturated carbocycles. The summed E-state index contributed by atoms with van der Waals surface area (Å²) in [5.74, 6) is -2.28. The monoisotopic (exact) mass is 665 g/mol. The molecule has 5 amide bonds. The number of nitrogens with one attached hydrogen (secondary N) is 3. The van der Waals surface area contributed by atoms with Crippen LogP contribution in [-0.4, -0.2) is 69.8 Å². The first-order chi connectivity index (χ1) is 23.0. The quantitative estimate of drug-likeness (QED) is 0.199. The van der Waals surface area contributed by atoms with Gasteiger partial charge >= 0.3 is 6.03 Å². The van der Waals surface area contributed by atoms with Gasteiger partial charge in [-0.2, -0.15) is 0 Å². The summed E-state index contributed by atoms with van der Waals surface area (Å²) < 4.78 is 0. The molecule has 1 saturated heterocycles. The number of hydrogen-bond donors (Lipinski definition) is 5. The summed E-state index contributed by atoms with van der Waals surface area (Å²) in [6, 6.07) is 4.11. The third kappa shape index (κ3) is 8.88. The molecule has 11 nitrogen and oxygen atoms in total. The normalized spacial score (nSPS) is 24.0. The Labute approximate surface area is 284 Å². The van der Waals surface area contributed by atoms with E-state index in [1.54, 1.807) is 17.0 Å². The third-order valence-corrected chi connectivity index (χ3v) is 11.3. The highest BCUT2D eigenvalue weighted by atomic mass is 16.3. The smallest absolute Gasteiger partial charge is 0.315 e. The number of Topliss-reactive ketones (excluding diaryl/α,β-unsaturated/α-hetero) is 1. The number of amides is 5. The van der Waals surface area contributed by atoms with Crippen LogP contribution in [0.4, 0.5) is 4.79 Å². The average Bonchev–Trinajstić information content (AvgIpc) is 3.76. The van der Waals surface area contributed by atoms with E-state index < -0.39 is 47.3 Å². The van der Waals surface area contributed by atoms with Crippen molar-refractivity contribution < 1.29 is 29.1 Å². The van der Waals surface area contributed by atoms with Gasteiger partial charge in [-0.05, 0) is 86.3 Å². The van der Waals surface area contributed by atoms with Crippen LogP contribution in [-0.2, 0) is 25.6 Å². The molecule has 1 unspecified atom stereocenters. The molecule has 0 spiro atoms. The molecule has 0 radical (unpaired) electrons. The van der Waals surface area contributed by atoms with Gasteiger partial charge in [-0.3, -0.25) is 19.2 Å². The Hall–Kier alpha value is -3.63. The minimum absolute atomic E-state index is 0.0637. The minimum Gasteiger partial charge on any atom is -0.508 e. The first-order valence-electron chi connectivity index (χ1n) is 18.3. The summed E-state index contributed by atoms with van der Waals surface area (Å²) in [6.45, 7) is 4.41. The average molecular weight is 666 g/mol. The fraction of sp³-hybridized carbons (Fsp3) is 0.703. The highest BCUT2D eigenvalue weighted by Gasteiger charge is 2.47. The number of carbonyl (C=O) groups is 5. The lowest BCUT2D eigenvalue weighted by molar-refractivity contribution is -0.144. The number of phenols is 1. The third-order valence-electron chi connectivity index (χ3n) is 11.3. The van der Waals surface area contributed by atoms with Crippen LogP contribution in [0, 0.1) is 23.7 Å². The number of hydrogen-bond acceptors (Lipinski definition) is 6. The van der Waals surface area contributed by atoms with Gasteiger partial charge in [0.2, 0.25) is 17.6 Å². The first-order valence-corrected chi connectivity index (χ1v) is 18.3. The maximum absolute atomic E-state index is 14.6. The summed E-state index contributed by atoms with van der Waals surface area (Å²) >= 11 is 0. The molecule has 4 fully saturated rings. The Balaban J connectivity index is 1.36. The standard InChI is InChI=1S/C37H55N5O6/c1-23(2)28-16-19-42(31(28)34(46)39-29(21-24-14-15-24)32(44)33(38)45)35(47)30(26-11-5-3-6-12-26)40-36(48)41-37(17-7-4-8-18-37)22-25-10-9-13-27(43)20-25/h9-10,13,20,23-24,26,28-31,43H,3-8,11-12,14-19,21-22H2,1-2H3,(H2,38,45)(H,39,46)(H2,40,41,48)/t28-,29?,30+,31+/m1/s1. The largest absolute Gasteiger partial charge is 0.508 e. The molecule has 1 aromatic carbocycles. The van der Waals surface area contributed by atoms with Crippen molar-refractivity contribution in [2.24, 2.45) is 29.4 Å². The zero-order valence-electron chi connectivity index (χ0n) is 28.7. The number of carbonyl (C=O) groups excluding carboxylic acids is 5. The van der Waals surface area contributed by atoms with Gasteiger partial charge in [0.25, 0.3) is 5.91 Å². The number of aromatic hydroxyl groups is 1. The Morgan fingerprint density at radius 1 is 0.938 bits per heavy atom. The van der Waals surface area contributed by atoms with Crippen molar-refractivity contribution in [1.29, 1.82) is 0 Å². The van der Waals surface area contributed by atoms with Crippen LogP contribution in [0.5, 0.6) is 5.75 Å². The zero-order chi connectivity index (χ0) is 34.4. The van der Waals surface area contributed by atoms with Crippen molar-refractivity contribution in [1.82, 2.24) is 20.9 Å². The summed E-state index contributed by atoms with van der Waals surface area (Å²) in [5, 5.41) is 19.3. The second kappa shape index (κ2) is 15.7. The van der Waals surface area contributed by atoms with E-state index in [0.717, 1.165) is 82.6 Å². The highest BCUT2D eigenvalue weighted by molar-refractivity contribution is 6.37. The van der Waals surface area contributed by atoms with Gasteiger partial charge in [-0.25, -0.2) is 4.79 Å². The lowest BCUT2D eigenvalue weighted by Crippen LogP contribution is -2.62. The van der Waals surface area contributed by atoms with Crippen LogP contribution >= 0.6 is 0 Å². The van der Waals surface area contributed by atoms with Gasteiger partial charge in [0.15, 0.2) is 0 Å². The number of primary amides is 1. The molecule has 4 aliphatic rings. The van der Waals surface area contributed by atoms with Crippen LogP contribution in [0.25, 0.3) is 0 Å². The molecule has 1 aliphatic heterocycles. The van der Waals surface area contributed by atoms with Gasteiger partial charge in [-0.15, -0.1) is 0 Å². The van der Waals surface area contributed by atoms with Gasteiger partial charge in [-0.1, -0.05) is 77.3 Å². The van der Waals surface area contributed by atoms with Gasteiger partial charge in [0.05, 0.1) is 6.04 Å². The number of nitrogens with zero attached hydrogens (tertiary/aromatic N) is 1. The maximum atomic E-state index is 14.6. The molecule has 264 valence electrons. The lowest BCUT2D eigenvalue weighted by Gasteiger charge is -2.40. The SMILES string of the molecule is CC(C)[C@H]1CCN(C(=O)[C@@H](NC(=O)NC2(Cc3cccc(O)c3)CCCCC2)C2CCCCC2)[C@@H]1C(=O)NC(CC1CC1)C(=O)C(N)=O. The molecule has 0 aromatic heterocycles. The van der Waals surface area contributed by atoms with Crippen molar-refractivity contribution in [3.63, 3.8) is 0 Å². The molecule has 1 heterocycles. The summed E-state index contributed by atoms with van der Waals surface area (Å²) in [6.07, 6.45) is 12.7. The summed E-state index contributed by atoms with van der Waals surface area (Å²) in [5.41, 5.74) is 5.79. The van der Waals surface area contributed by atoms with Crippen molar-refractivity contribution in [2.75, 3.05) is 6.54 Å². The maximum Gasteiger partial charge on any atom is 0.315 e. The van der Waals surface area contributed by atoms with E-state index in [-0.39, 0.29) is 35.3 Å². The van der Waals surface area contributed by atoms with E-state index in [9.17, 15) is 29.1 Å². The number of nitrogens with two attached hydrogens (primary N) is 1. The fourth-order valence-corrected chi connectivity index (χ4v) is 8.52. The molecule has 11 heteroatoms. The van der Waals surface area contributed by atoms with Gasteiger partial charge in [0.1, 0.15) is 17.8 Å². The van der Waals surface area contributed by atoms with Crippen LogP contribution in [0.3, 0.4) is 0 Å². The minimum atomic E-state index is -1.08. The van der Waals surface area contributed by atoms with Crippen molar-refractivity contribution >= 4 is 29.5 Å². The van der Waals surface area contributed by atoms with Crippen molar-refractivity contribution in [3.8, 4) is 5.75 Å². The van der Waals surface area contributed by atoms with Crippen LogP contribution < -0.4 is 21.7 Å². The number of rotatable bonds is 13. The number of benzene rings is 1. The van der Waals surface area contributed by atoms with E-state index in [4.69, 9.17) is 5.73 Å². The first kappa shape index (κ1) is 35.7. The van der Waals surface area contributed by atoms with Crippen molar-refractivity contribution in [3.05, 3.63) is 29.8 Å². The Bertz CT molecular complexity index is 1330. The predicted octanol–water partition coefficient (Wildman–Crippen LogP) is 4.10. The zero-order valence-corrected chi connectivity index (χ0v) is 28.7. The van der Waals surface area contributed by atoms with Gasteiger partial charge in [0, 0.05) is 12.1 Å². The molecule has 6 N–H and O–H groups in total. The number of phenolic OH excluding ortho intramolecular Hbond substituents is 1. The summed E-state index contributed by atoms with van der Waals surface area (Å²) in [7, 11) is 0. The molecular formula is C37H55N5O6. The molecular weight excluding hydrogens is 610 g/mol. The molecule has 4 atom stereocenters. The van der Waals surface area contributed by atoms with E-state index in [2.05, 4.69) is 16.0 Å². The molecule has 0 bridgehead atoms. The molecule has 48 heavy (non-hydrogen) atoms.